The summed E-state index contributed by atoms with van der Waals surface area (Å²) in [4.78, 5) is 21.1. The minimum Gasteiger partial charge on any atom is -0.497 e. The lowest BCUT2D eigenvalue weighted by atomic mass is 9.95. The highest BCUT2D eigenvalue weighted by Gasteiger charge is 2.21. The van der Waals surface area contributed by atoms with E-state index in [1.54, 1.807) is 7.11 Å². The van der Waals surface area contributed by atoms with Gasteiger partial charge in [0.25, 0.3) is 0 Å². The van der Waals surface area contributed by atoms with Gasteiger partial charge in [-0.15, -0.1) is 0 Å². The van der Waals surface area contributed by atoms with Crippen LogP contribution in [0.1, 0.15) is 26.5 Å². The van der Waals surface area contributed by atoms with Crippen molar-refractivity contribution in [1.29, 1.82) is 0 Å². The van der Waals surface area contributed by atoms with E-state index >= 15 is 0 Å². The molecule has 156 valence electrons. The standard InChI is InChI=1S/C23H27N5O2/c1-15-14-20(25-16-10-12-19(30-5)13-11-16)28-22(24-15)27-18-8-6-17(7-9-18)26-21(29)23(2,3)4/h6-14H,1-5H3,(H,26,29)(H2,24,25,27,28). The maximum Gasteiger partial charge on any atom is 0.229 e. The first-order valence-electron chi connectivity index (χ1n) is 9.68. The van der Waals surface area contributed by atoms with Gasteiger partial charge in [0.15, 0.2) is 0 Å². The maximum absolute atomic E-state index is 12.1. The molecule has 3 rings (SSSR count). The molecule has 1 heterocycles. The molecule has 0 bridgehead atoms. The van der Waals surface area contributed by atoms with Gasteiger partial charge in [0.1, 0.15) is 11.6 Å². The third-order valence-corrected chi connectivity index (χ3v) is 4.30. The number of ether oxygens (including phenoxy) is 1. The molecule has 2 aromatic carbocycles. The van der Waals surface area contributed by atoms with Crippen molar-refractivity contribution in [3.63, 3.8) is 0 Å². The van der Waals surface area contributed by atoms with Crippen LogP contribution < -0.4 is 20.7 Å². The Hall–Kier alpha value is -3.61. The molecule has 0 saturated heterocycles. The first-order valence-corrected chi connectivity index (χ1v) is 9.68. The lowest BCUT2D eigenvalue weighted by Crippen LogP contribution is -2.27. The van der Waals surface area contributed by atoms with Gasteiger partial charge in [0.05, 0.1) is 7.11 Å². The number of carbonyl (C=O) groups is 1. The number of nitrogens with one attached hydrogen (secondary N) is 3. The van der Waals surface area contributed by atoms with Crippen molar-refractivity contribution in [2.45, 2.75) is 27.7 Å². The maximum atomic E-state index is 12.1. The number of methoxy groups -OCH3 is 1. The third-order valence-electron chi connectivity index (χ3n) is 4.30. The lowest BCUT2D eigenvalue weighted by Gasteiger charge is -2.17. The number of amides is 1. The Balaban J connectivity index is 1.69. The number of aryl methyl sites for hydroxylation is 1. The summed E-state index contributed by atoms with van der Waals surface area (Å²) >= 11 is 0. The zero-order valence-corrected chi connectivity index (χ0v) is 17.9. The second-order valence-electron chi connectivity index (χ2n) is 7.98. The molecule has 0 saturated carbocycles. The molecular weight excluding hydrogens is 378 g/mol. The number of nitrogens with zero attached hydrogens (tertiary/aromatic N) is 2. The molecule has 0 aliphatic heterocycles. The van der Waals surface area contributed by atoms with Crippen molar-refractivity contribution in [3.05, 3.63) is 60.3 Å². The number of hydrogen-bond acceptors (Lipinski definition) is 6. The summed E-state index contributed by atoms with van der Waals surface area (Å²) in [5, 5.41) is 9.39. The molecule has 7 nitrogen and oxygen atoms in total. The Morgan fingerprint density at radius 2 is 1.43 bits per heavy atom. The van der Waals surface area contributed by atoms with E-state index in [0.29, 0.717) is 11.8 Å². The highest BCUT2D eigenvalue weighted by atomic mass is 16.5. The SMILES string of the molecule is COc1ccc(Nc2cc(C)nc(Nc3ccc(NC(=O)C(C)(C)C)cc3)n2)cc1. The molecule has 1 amide bonds. The highest BCUT2D eigenvalue weighted by molar-refractivity contribution is 5.94. The van der Waals surface area contributed by atoms with Crippen molar-refractivity contribution < 1.29 is 9.53 Å². The monoisotopic (exact) mass is 405 g/mol. The van der Waals surface area contributed by atoms with E-state index in [2.05, 4.69) is 25.9 Å². The highest BCUT2D eigenvalue weighted by Crippen LogP contribution is 2.23. The van der Waals surface area contributed by atoms with Crippen LogP contribution in [0.4, 0.5) is 28.8 Å². The van der Waals surface area contributed by atoms with E-state index < -0.39 is 5.41 Å². The van der Waals surface area contributed by atoms with Crippen LogP contribution >= 0.6 is 0 Å². The molecule has 30 heavy (non-hydrogen) atoms. The summed E-state index contributed by atoms with van der Waals surface area (Å²) in [5.41, 5.74) is 2.85. The van der Waals surface area contributed by atoms with Gasteiger partial charge in [-0.05, 0) is 55.5 Å². The molecular formula is C23H27N5O2. The van der Waals surface area contributed by atoms with Crippen molar-refractivity contribution in [1.82, 2.24) is 9.97 Å². The molecule has 1 aromatic heterocycles. The van der Waals surface area contributed by atoms with Crippen LogP contribution in [0.2, 0.25) is 0 Å². The van der Waals surface area contributed by atoms with E-state index in [9.17, 15) is 4.79 Å². The number of benzene rings is 2. The first kappa shape index (κ1) is 21.1. The molecule has 3 N–H and O–H groups in total. The number of carbonyl (C=O) groups excluding carboxylic acids is 1. The summed E-state index contributed by atoms with van der Waals surface area (Å²) in [6.45, 7) is 7.55. The van der Waals surface area contributed by atoms with Crippen LogP contribution in [0.25, 0.3) is 0 Å². The predicted octanol–water partition coefficient (Wildman–Crippen LogP) is 5.27. The average Bonchev–Trinajstić information content (AvgIpc) is 2.69. The molecule has 0 aliphatic carbocycles. The Morgan fingerprint density at radius 3 is 2.03 bits per heavy atom. The fraction of sp³-hybridized carbons (Fsp3) is 0.261. The minimum absolute atomic E-state index is 0.0283. The van der Waals surface area contributed by atoms with Gasteiger partial charge >= 0.3 is 0 Å². The van der Waals surface area contributed by atoms with E-state index in [-0.39, 0.29) is 5.91 Å². The Morgan fingerprint density at radius 1 is 0.867 bits per heavy atom. The normalized spacial score (nSPS) is 11.0. The molecule has 0 atom stereocenters. The largest absolute Gasteiger partial charge is 0.497 e. The first-order chi connectivity index (χ1) is 14.2. The molecule has 3 aromatic rings. The van der Waals surface area contributed by atoms with Gasteiger partial charge in [-0.1, -0.05) is 20.8 Å². The van der Waals surface area contributed by atoms with Gasteiger partial charge in [0, 0.05) is 34.2 Å². The molecule has 7 heteroatoms. The molecule has 0 radical (unpaired) electrons. The zero-order chi connectivity index (χ0) is 21.7. The zero-order valence-electron chi connectivity index (χ0n) is 17.9. The van der Waals surface area contributed by atoms with Gasteiger partial charge in [0.2, 0.25) is 11.9 Å². The number of aromatic nitrogens is 2. The molecule has 0 aliphatic rings. The van der Waals surface area contributed by atoms with Gasteiger partial charge in [-0.3, -0.25) is 4.79 Å². The van der Waals surface area contributed by atoms with Crippen LogP contribution in [0.15, 0.2) is 54.6 Å². The Labute approximate surface area is 176 Å². The summed E-state index contributed by atoms with van der Waals surface area (Å²) in [6.07, 6.45) is 0. The molecule has 0 unspecified atom stereocenters. The quantitative estimate of drug-likeness (QED) is 0.518. The molecule has 0 fully saturated rings. The van der Waals surface area contributed by atoms with E-state index in [0.717, 1.165) is 28.5 Å². The second kappa shape index (κ2) is 8.82. The number of hydrogen-bond donors (Lipinski definition) is 3. The van der Waals surface area contributed by atoms with E-state index in [1.165, 1.54) is 0 Å². The van der Waals surface area contributed by atoms with Crippen molar-refractivity contribution >= 4 is 34.7 Å². The van der Waals surface area contributed by atoms with Crippen LogP contribution in [0, 0.1) is 12.3 Å². The van der Waals surface area contributed by atoms with E-state index in [4.69, 9.17) is 4.74 Å². The summed E-state index contributed by atoms with van der Waals surface area (Å²) in [7, 11) is 1.64. The van der Waals surface area contributed by atoms with Crippen LogP contribution in [-0.4, -0.2) is 23.0 Å². The topological polar surface area (TPSA) is 88.2 Å². The molecule has 0 spiro atoms. The second-order valence-corrected chi connectivity index (χ2v) is 7.98. The number of rotatable bonds is 6. The van der Waals surface area contributed by atoms with Crippen LogP contribution in [-0.2, 0) is 4.79 Å². The summed E-state index contributed by atoms with van der Waals surface area (Å²) < 4.78 is 5.18. The minimum atomic E-state index is -0.445. The van der Waals surface area contributed by atoms with Crippen molar-refractivity contribution in [3.8, 4) is 5.75 Å². The van der Waals surface area contributed by atoms with E-state index in [1.807, 2.05) is 82.3 Å². The summed E-state index contributed by atoms with van der Waals surface area (Å²) in [5.74, 6) is 1.94. The van der Waals surface area contributed by atoms with Gasteiger partial charge in [-0.25, -0.2) is 4.98 Å². The lowest BCUT2D eigenvalue weighted by molar-refractivity contribution is -0.123. The third kappa shape index (κ3) is 5.70. The average molecular weight is 406 g/mol. The van der Waals surface area contributed by atoms with Gasteiger partial charge < -0.3 is 20.7 Å². The summed E-state index contributed by atoms with van der Waals surface area (Å²) in [6, 6.07) is 16.9. The fourth-order valence-electron chi connectivity index (χ4n) is 2.60. The smallest absolute Gasteiger partial charge is 0.229 e. The van der Waals surface area contributed by atoms with Crippen molar-refractivity contribution in [2.75, 3.05) is 23.1 Å². The Kier molecular flexibility index (Phi) is 6.20. The van der Waals surface area contributed by atoms with Crippen molar-refractivity contribution in [2.24, 2.45) is 5.41 Å². The van der Waals surface area contributed by atoms with Gasteiger partial charge in [-0.2, -0.15) is 4.98 Å². The Bertz CT molecular complexity index is 1010. The van der Waals surface area contributed by atoms with Crippen LogP contribution in [0.3, 0.4) is 0 Å². The van der Waals surface area contributed by atoms with Crippen LogP contribution in [0.5, 0.6) is 5.75 Å². The fourth-order valence-corrected chi connectivity index (χ4v) is 2.60. The number of anilines is 5. The predicted molar refractivity (Wildman–Crippen MR) is 121 cm³/mol.